The summed E-state index contributed by atoms with van der Waals surface area (Å²) in [6, 6.07) is 1.83. The number of imide groups is 1. The van der Waals surface area contributed by atoms with Crippen molar-refractivity contribution in [2.75, 3.05) is 6.61 Å². The SMILES string of the molecule is N#CCCON1C(=O)C=CC1=O. The van der Waals surface area contributed by atoms with Crippen LogP contribution in [0.25, 0.3) is 0 Å². The molecular weight excluding hydrogens is 160 g/mol. The molecule has 5 heteroatoms. The smallest absolute Gasteiger partial charge is 0.267 e. The van der Waals surface area contributed by atoms with Gasteiger partial charge in [-0.25, -0.2) is 0 Å². The van der Waals surface area contributed by atoms with E-state index in [4.69, 9.17) is 10.1 Å². The lowest BCUT2D eigenvalue weighted by Crippen LogP contribution is -2.30. The summed E-state index contributed by atoms with van der Waals surface area (Å²) in [6.45, 7) is 0.0512. The summed E-state index contributed by atoms with van der Waals surface area (Å²) >= 11 is 0. The van der Waals surface area contributed by atoms with E-state index in [1.165, 1.54) is 0 Å². The van der Waals surface area contributed by atoms with E-state index in [0.29, 0.717) is 5.06 Å². The number of carbonyl (C=O) groups is 2. The molecule has 0 aromatic carbocycles. The number of rotatable bonds is 3. The Hall–Kier alpha value is -1.67. The first kappa shape index (κ1) is 8.43. The fourth-order valence-corrected chi connectivity index (χ4v) is 0.696. The van der Waals surface area contributed by atoms with E-state index in [1.54, 1.807) is 0 Å². The summed E-state index contributed by atoms with van der Waals surface area (Å²) in [5, 5.41) is 8.77. The van der Waals surface area contributed by atoms with Gasteiger partial charge in [-0.2, -0.15) is 5.26 Å². The summed E-state index contributed by atoms with van der Waals surface area (Å²) in [7, 11) is 0. The van der Waals surface area contributed by atoms with Crippen LogP contribution in [0.4, 0.5) is 0 Å². The number of amides is 2. The first-order chi connectivity index (χ1) is 5.75. The third-order valence-corrected chi connectivity index (χ3v) is 1.20. The molecule has 0 saturated carbocycles. The molecule has 1 heterocycles. The van der Waals surface area contributed by atoms with Gasteiger partial charge in [-0.05, 0) is 0 Å². The fraction of sp³-hybridized carbons (Fsp3) is 0.286. The van der Waals surface area contributed by atoms with Crippen molar-refractivity contribution in [3.63, 3.8) is 0 Å². The van der Waals surface area contributed by atoms with E-state index in [0.717, 1.165) is 12.2 Å². The van der Waals surface area contributed by atoms with Crippen LogP contribution in [0, 0.1) is 11.3 Å². The van der Waals surface area contributed by atoms with Gasteiger partial charge in [0, 0.05) is 12.2 Å². The number of carbonyl (C=O) groups excluding carboxylic acids is 2. The first-order valence-electron chi connectivity index (χ1n) is 3.31. The average molecular weight is 166 g/mol. The molecule has 0 N–H and O–H groups in total. The van der Waals surface area contributed by atoms with Gasteiger partial charge in [-0.1, -0.05) is 0 Å². The quantitative estimate of drug-likeness (QED) is 0.428. The lowest BCUT2D eigenvalue weighted by Gasteiger charge is -2.10. The minimum absolute atomic E-state index is 0.0512. The van der Waals surface area contributed by atoms with Crippen molar-refractivity contribution in [3.05, 3.63) is 12.2 Å². The largest absolute Gasteiger partial charge is 0.277 e. The van der Waals surface area contributed by atoms with E-state index >= 15 is 0 Å². The Balaban J connectivity index is 2.39. The molecule has 1 aliphatic rings. The molecule has 0 aliphatic carbocycles. The van der Waals surface area contributed by atoms with Gasteiger partial charge in [0.2, 0.25) is 0 Å². The van der Waals surface area contributed by atoms with Gasteiger partial charge in [0.15, 0.2) is 0 Å². The van der Waals surface area contributed by atoms with Gasteiger partial charge in [-0.15, -0.1) is 5.06 Å². The summed E-state index contributed by atoms with van der Waals surface area (Å²) in [5.74, 6) is -1.00. The molecule has 1 rings (SSSR count). The van der Waals surface area contributed by atoms with Crippen molar-refractivity contribution in [3.8, 4) is 6.07 Å². The molecule has 0 radical (unpaired) electrons. The highest BCUT2D eigenvalue weighted by molar-refractivity contribution is 6.11. The second-order valence-electron chi connectivity index (χ2n) is 2.05. The average Bonchev–Trinajstić information content (AvgIpc) is 2.35. The summed E-state index contributed by atoms with van der Waals surface area (Å²) in [4.78, 5) is 26.3. The highest BCUT2D eigenvalue weighted by atomic mass is 16.7. The number of nitrogens with zero attached hydrogens (tertiary/aromatic N) is 2. The predicted molar refractivity (Wildman–Crippen MR) is 37.2 cm³/mol. The molecular formula is C7H6N2O3. The third-order valence-electron chi connectivity index (χ3n) is 1.20. The highest BCUT2D eigenvalue weighted by Crippen LogP contribution is 2.03. The van der Waals surface area contributed by atoms with Crippen molar-refractivity contribution in [1.82, 2.24) is 5.06 Å². The Bertz CT molecular complexity index is 259. The van der Waals surface area contributed by atoms with E-state index in [1.807, 2.05) is 6.07 Å². The van der Waals surface area contributed by atoms with E-state index in [2.05, 4.69) is 0 Å². The van der Waals surface area contributed by atoms with Gasteiger partial charge in [0.05, 0.1) is 19.1 Å². The molecule has 0 saturated heterocycles. The maximum Gasteiger partial charge on any atom is 0.277 e. The Kier molecular flexibility index (Phi) is 2.56. The standard InChI is InChI=1S/C7H6N2O3/c8-4-1-5-12-9-6(10)2-3-7(9)11/h2-3H,1,5H2. The highest BCUT2D eigenvalue weighted by Gasteiger charge is 2.24. The number of hydrogen-bond acceptors (Lipinski definition) is 4. The van der Waals surface area contributed by atoms with Crippen LogP contribution < -0.4 is 0 Å². The zero-order chi connectivity index (χ0) is 8.97. The van der Waals surface area contributed by atoms with Crippen LogP contribution in [0.3, 0.4) is 0 Å². The second-order valence-corrected chi connectivity index (χ2v) is 2.05. The van der Waals surface area contributed by atoms with Gasteiger partial charge in [-0.3, -0.25) is 14.4 Å². The second kappa shape index (κ2) is 3.64. The van der Waals surface area contributed by atoms with E-state index < -0.39 is 11.8 Å². The first-order valence-corrected chi connectivity index (χ1v) is 3.31. The molecule has 1 aliphatic heterocycles. The fourth-order valence-electron chi connectivity index (χ4n) is 0.696. The Labute approximate surface area is 68.8 Å². The molecule has 0 aromatic heterocycles. The molecule has 0 spiro atoms. The molecule has 0 bridgehead atoms. The van der Waals surface area contributed by atoms with Crippen LogP contribution in [0.2, 0.25) is 0 Å². The third kappa shape index (κ3) is 1.68. The summed E-state index contributed by atoms with van der Waals surface area (Å²) < 4.78 is 0. The van der Waals surface area contributed by atoms with Crippen LogP contribution in [-0.2, 0) is 14.4 Å². The van der Waals surface area contributed by atoms with Gasteiger partial charge in [0.25, 0.3) is 11.8 Å². The van der Waals surface area contributed by atoms with Gasteiger partial charge < -0.3 is 0 Å². The van der Waals surface area contributed by atoms with Crippen molar-refractivity contribution in [2.24, 2.45) is 0 Å². The molecule has 62 valence electrons. The minimum Gasteiger partial charge on any atom is -0.267 e. The molecule has 0 atom stereocenters. The molecule has 5 nitrogen and oxygen atoms in total. The number of nitriles is 1. The number of hydrogen-bond donors (Lipinski definition) is 0. The monoisotopic (exact) mass is 166 g/mol. The molecule has 0 aromatic rings. The van der Waals surface area contributed by atoms with Crippen LogP contribution in [0.5, 0.6) is 0 Å². The van der Waals surface area contributed by atoms with Crippen LogP contribution in [-0.4, -0.2) is 23.5 Å². The number of hydroxylamine groups is 2. The Morgan fingerprint density at radius 3 is 2.50 bits per heavy atom. The van der Waals surface area contributed by atoms with Gasteiger partial charge >= 0.3 is 0 Å². The topological polar surface area (TPSA) is 70.4 Å². The van der Waals surface area contributed by atoms with Crippen molar-refractivity contribution in [2.45, 2.75) is 6.42 Å². The Morgan fingerprint density at radius 2 is 2.00 bits per heavy atom. The molecule has 12 heavy (non-hydrogen) atoms. The van der Waals surface area contributed by atoms with Crippen molar-refractivity contribution >= 4 is 11.8 Å². The van der Waals surface area contributed by atoms with Gasteiger partial charge in [0.1, 0.15) is 0 Å². The van der Waals surface area contributed by atoms with Crippen LogP contribution in [0.15, 0.2) is 12.2 Å². The lowest BCUT2D eigenvalue weighted by atomic mass is 10.5. The minimum atomic E-state index is -0.502. The van der Waals surface area contributed by atoms with Crippen molar-refractivity contribution in [1.29, 1.82) is 5.26 Å². The summed E-state index contributed by atoms with van der Waals surface area (Å²) in [6.07, 6.45) is 2.39. The van der Waals surface area contributed by atoms with E-state index in [-0.39, 0.29) is 13.0 Å². The molecule has 0 fully saturated rings. The molecule has 2 amide bonds. The maximum atomic E-state index is 10.8. The summed E-state index contributed by atoms with van der Waals surface area (Å²) in [5.41, 5.74) is 0. The lowest BCUT2D eigenvalue weighted by molar-refractivity contribution is -0.185. The van der Waals surface area contributed by atoms with Crippen molar-refractivity contribution < 1.29 is 14.4 Å². The maximum absolute atomic E-state index is 10.8. The zero-order valence-corrected chi connectivity index (χ0v) is 6.19. The normalized spacial score (nSPS) is 15.4. The van der Waals surface area contributed by atoms with Crippen LogP contribution in [0.1, 0.15) is 6.42 Å². The Morgan fingerprint density at radius 1 is 1.42 bits per heavy atom. The van der Waals surface area contributed by atoms with E-state index in [9.17, 15) is 9.59 Å². The van der Waals surface area contributed by atoms with Crippen LogP contribution >= 0.6 is 0 Å². The predicted octanol–water partition coefficient (Wildman–Crippen LogP) is -0.243. The molecule has 0 unspecified atom stereocenters. The zero-order valence-electron chi connectivity index (χ0n) is 6.19.